The fourth-order valence-electron chi connectivity index (χ4n) is 5.05. The Morgan fingerprint density at radius 2 is 0.767 bits per heavy atom. The van der Waals surface area contributed by atoms with Crippen LogP contribution in [-0.2, 0) is 11.3 Å². The van der Waals surface area contributed by atoms with Crippen LogP contribution in [0.5, 0.6) is 0 Å². The second-order valence-corrected chi connectivity index (χ2v) is 8.35. The molecule has 0 unspecified atom stereocenters. The van der Waals surface area contributed by atoms with E-state index in [9.17, 15) is 0 Å². The highest BCUT2D eigenvalue weighted by atomic mass is 15.0. The maximum Gasteiger partial charge on any atom is 0.118 e. The molecule has 0 aromatic heterocycles. The Labute approximate surface area is 175 Å². The van der Waals surface area contributed by atoms with Crippen LogP contribution in [0.15, 0.2) is 84.9 Å². The number of fused-ring (bicyclic) bond motifs is 6. The number of nitrogens with two attached hydrogens (primary N) is 4. The zero-order chi connectivity index (χ0) is 20.7. The van der Waals surface area contributed by atoms with E-state index in [-0.39, 0.29) is 0 Å². The molecule has 6 rings (SSSR count). The fourth-order valence-corrected chi connectivity index (χ4v) is 5.05. The van der Waals surface area contributed by atoms with Crippen LogP contribution in [0.25, 0.3) is 33.4 Å². The monoisotopic (exact) mass is 390 g/mol. The summed E-state index contributed by atoms with van der Waals surface area (Å²) in [7, 11) is 0. The predicted octanol–water partition coefficient (Wildman–Crippen LogP) is 3.55. The van der Waals surface area contributed by atoms with Gasteiger partial charge in [-0.05, 0) is 67.8 Å². The number of benzene rings is 4. The molecule has 0 fully saturated rings. The van der Waals surface area contributed by atoms with E-state index in [1.165, 1.54) is 0 Å². The van der Waals surface area contributed by atoms with Crippen molar-refractivity contribution in [1.29, 1.82) is 0 Å². The lowest BCUT2D eigenvalue weighted by Crippen LogP contribution is -2.45. The van der Waals surface area contributed by atoms with Crippen LogP contribution in [0, 0.1) is 0 Å². The molecule has 0 bridgehead atoms. The molecule has 0 atom stereocenters. The van der Waals surface area contributed by atoms with E-state index in [0.29, 0.717) is 0 Å². The zero-order valence-electron chi connectivity index (χ0n) is 16.4. The molecule has 0 aliphatic heterocycles. The third-order valence-electron chi connectivity index (χ3n) is 6.59. The van der Waals surface area contributed by atoms with Crippen LogP contribution in [0.3, 0.4) is 0 Å². The highest BCUT2D eigenvalue weighted by Gasteiger charge is 2.38. The average molecular weight is 390 g/mol. The Hall–Kier alpha value is -3.28. The van der Waals surface area contributed by atoms with E-state index in [2.05, 4.69) is 48.5 Å². The Kier molecular flexibility index (Phi) is 3.31. The van der Waals surface area contributed by atoms with Gasteiger partial charge in [-0.2, -0.15) is 0 Å². The van der Waals surface area contributed by atoms with Crippen molar-refractivity contribution in [2.24, 2.45) is 22.9 Å². The molecule has 4 heteroatoms. The minimum Gasteiger partial charge on any atom is -0.306 e. The quantitative estimate of drug-likeness (QED) is 0.373. The summed E-state index contributed by atoms with van der Waals surface area (Å²) in [6, 6.07) is 28.7. The third-order valence-corrected chi connectivity index (χ3v) is 6.59. The van der Waals surface area contributed by atoms with Crippen molar-refractivity contribution in [3.63, 3.8) is 0 Å². The van der Waals surface area contributed by atoms with Crippen LogP contribution < -0.4 is 22.9 Å². The Morgan fingerprint density at radius 1 is 0.400 bits per heavy atom. The molecule has 4 aromatic rings. The second kappa shape index (κ2) is 5.65. The summed E-state index contributed by atoms with van der Waals surface area (Å²) in [4.78, 5) is 0. The summed E-state index contributed by atoms with van der Waals surface area (Å²) in [6.45, 7) is 0. The van der Waals surface area contributed by atoms with Gasteiger partial charge in [0.05, 0.1) is 0 Å². The number of hydrogen-bond donors (Lipinski definition) is 4. The highest BCUT2D eigenvalue weighted by Crippen LogP contribution is 2.47. The summed E-state index contributed by atoms with van der Waals surface area (Å²) in [5.74, 6) is 0. The first-order chi connectivity index (χ1) is 14.4. The van der Waals surface area contributed by atoms with Crippen molar-refractivity contribution in [2.45, 2.75) is 11.3 Å². The van der Waals surface area contributed by atoms with Gasteiger partial charge in [0, 0.05) is 0 Å². The molecule has 0 saturated heterocycles. The summed E-state index contributed by atoms with van der Waals surface area (Å²) in [6.07, 6.45) is 0. The second-order valence-electron chi connectivity index (χ2n) is 8.35. The number of rotatable bonds is 1. The van der Waals surface area contributed by atoms with Crippen LogP contribution in [0.1, 0.15) is 22.3 Å². The van der Waals surface area contributed by atoms with E-state index in [1.54, 1.807) is 0 Å². The molecule has 0 heterocycles. The number of hydrogen-bond acceptors (Lipinski definition) is 4. The van der Waals surface area contributed by atoms with Gasteiger partial charge in [0.1, 0.15) is 11.3 Å². The lowest BCUT2D eigenvalue weighted by molar-refractivity contribution is 0.583. The molecule has 8 N–H and O–H groups in total. The molecule has 30 heavy (non-hydrogen) atoms. The molecule has 0 saturated carbocycles. The lowest BCUT2D eigenvalue weighted by Gasteiger charge is -2.23. The van der Waals surface area contributed by atoms with Crippen molar-refractivity contribution >= 4 is 0 Å². The van der Waals surface area contributed by atoms with E-state index in [1.807, 2.05) is 36.4 Å². The van der Waals surface area contributed by atoms with E-state index in [0.717, 1.165) is 55.6 Å². The van der Waals surface area contributed by atoms with Crippen LogP contribution in [0.4, 0.5) is 0 Å². The van der Waals surface area contributed by atoms with Crippen molar-refractivity contribution in [1.82, 2.24) is 0 Å². The van der Waals surface area contributed by atoms with Gasteiger partial charge in [-0.3, -0.25) is 0 Å². The minimum absolute atomic E-state index is 0.928. The Balaban J connectivity index is 1.51. The third kappa shape index (κ3) is 2.13. The largest absolute Gasteiger partial charge is 0.306 e. The van der Waals surface area contributed by atoms with E-state index < -0.39 is 11.3 Å². The molecular weight excluding hydrogens is 368 g/mol. The fraction of sp³-hybridized carbons (Fsp3) is 0.0769. The molecule has 0 radical (unpaired) electrons. The van der Waals surface area contributed by atoms with E-state index >= 15 is 0 Å². The van der Waals surface area contributed by atoms with Crippen LogP contribution in [0.2, 0.25) is 0 Å². The molecule has 4 nitrogen and oxygen atoms in total. The molecule has 0 spiro atoms. The lowest BCUT2D eigenvalue weighted by atomic mass is 9.92. The van der Waals surface area contributed by atoms with Gasteiger partial charge in [0.15, 0.2) is 0 Å². The molecule has 4 aromatic carbocycles. The van der Waals surface area contributed by atoms with Crippen LogP contribution in [-0.4, -0.2) is 0 Å². The summed E-state index contributed by atoms with van der Waals surface area (Å²) in [5, 5.41) is 0. The molecule has 146 valence electrons. The van der Waals surface area contributed by atoms with Crippen molar-refractivity contribution in [3.05, 3.63) is 107 Å². The van der Waals surface area contributed by atoms with Gasteiger partial charge in [-0.15, -0.1) is 0 Å². The molecule has 2 aliphatic carbocycles. The molecule has 0 amide bonds. The maximum atomic E-state index is 6.58. The normalized spacial score (nSPS) is 16.5. The topological polar surface area (TPSA) is 104 Å². The van der Waals surface area contributed by atoms with Gasteiger partial charge in [-0.25, -0.2) is 0 Å². The van der Waals surface area contributed by atoms with Gasteiger partial charge in [0.25, 0.3) is 0 Å². The van der Waals surface area contributed by atoms with Gasteiger partial charge in [-0.1, -0.05) is 72.8 Å². The van der Waals surface area contributed by atoms with Gasteiger partial charge in [0.2, 0.25) is 0 Å². The standard InChI is InChI=1S/C26H22N4/c27-25(28)21-7-3-1-5-17(21)19-11-9-15(13-23(19)25)16-10-12-20-18-6-2-4-8-22(18)26(29,30)24(20)14-16/h1-14H,27-30H2. The SMILES string of the molecule is NC1(N)c2ccccc2-c2ccc(-c3ccc4c(c3)C(N)(N)c3ccccc3-4)cc21. The minimum atomic E-state index is -1.01. The predicted molar refractivity (Wildman–Crippen MR) is 121 cm³/mol. The van der Waals surface area contributed by atoms with E-state index in [4.69, 9.17) is 22.9 Å². The first-order valence-electron chi connectivity index (χ1n) is 10.0. The van der Waals surface area contributed by atoms with Crippen LogP contribution >= 0.6 is 0 Å². The van der Waals surface area contributed by atoms with Gasteiger partial charge >= 0.3 is 0 Å². The molecular formula is C26H22N4. The highest BCUT2D eigenvalue weighted by molar-refractivity contribution is 5.86. The maximum absolute atomic E-state index is 6.58. The first-order valence-corrected chi connectivity index (χ1v) is 10.0. The van der Waals surface area contributed by atoms with Crippen molar-refractivity contribution in [3.8, 4) is 33.4 Å². The molecule has 2 aliphatic rings. The Bertz CT molecular complexity index is 1250. The average Bonchev–Trinajstić information content (AvgIpc) is 3.14. The Morgan fingerprint density at radius 3 is 1.20 bits per heavy atom. The summed E-state index contributed by atoms with van der Waals surface area (Å²) < 4.78 is 0. The summed E-state index contributed by atoms with van der Waals surface area (Å²) >= 11 is 0. The zero-order valence-corrected chi connectivity index (χ0v) is 16.4. The summed E-state index contributed by atoms with van der Waals surface area (Å²) in [5.41, 5.74) is 34.5. The first kappa shape index (κ1) is 17.6. The van der Waals surface area contributed by atoms with Crippen molar-refractivity contribution < 1.29 is 0 Å². The smallest absolute Gasteiger partial charge is 0.118 e. The van der Waals surface area contributed by atoms with Gasteiger partial charge < -0.3 is 22.9 Å². The van der Waals surface area contributed by atoms with Crippen molar-refractivity contribution in [2.75, 3.05) is 0 Å².